The van der Waals surface area contributed by atoms with Gasteiger partial charge in [-0.1, -0.05) is 61.0 Å². The number of rotatable bonds is 6. The standard InChI is InChI=1S/C16H26BrOSi/c1-16(2,3)15(18-19(4)5)12-14-8-6-13(7-9-14)10-11-17/h6-9,15H,10-12H2,1-5H3. The third-order valence-corrected chi connectivity index (χ3v) is 4.32. The highest BCUT2D eigenvalue weighted by atomic mass is 79.9. The first-order valence-electron chi connectivity index (χ1n) is 6.93. The van der Waals surface area contributed by atoms with Gasteiger partial charge in [-0.15, -0.1) is 0 Å². The lowest BCUT2D eigenvalue weighted by molar-refractivity contribution is 0.0867. The molecule has 0 amide bonds. The average molecular weight is 342 g/mol. The highest BCUT2D eigenvalue weighted by Crippen LogP contribution is 2.26. The number of aryl methyl sites for hydroxylation is 1. The number of halogens is 1. The van der Waals surface area contributed by atoms with Gasteiger partial charge in [-0.2, -0.15) is 0 Å². The van der Waals surface area contributed by atoms with Crippen molar-refractivity contribution >= 4 is 25.0 Å². The Morgan fingerprint density at radius 3 is 2.05 bits per heavy atom. The van der Waals surface area contributed by atoms with Crippen molar-refractivity contribution in [3.63, 3.8) is 0 Å². The molecule has 107 valence electrons. The minimum Gasteiger partial charge on any atom is -0.413 e. The maximum Gasteiger partial charge on any atom is 0.205 e. The van der Waals surface area contributed by atoms with E-state index in [4.69, 9.17) is 4.43 Å². The Morgan fingerprint density at radius 2 is 1.63 bits per heavy atom. The van der Waals surface area contributed by atoms with Gasteiger partial charge in [0.2, 0.25) is 9.04 Å². The fraction of sp³-hybridized carbons (Fsp3) is 0.625. The van der Waals surface area contributed by atoms with E-state index in [0.717, 1.165) is 18.2 Å². The molecule has 1 nitrogen and oxygen atoms in total. The van der Waals surface area contributed by atoms with Crippen LogP contribution in [0.4, 0.5) is 0 Å². The Bertz CT molecular complexity index is 367. The number of hydrogen-bond donors (Lipinski definition) is 0. The lowest BCUT2D eigenvalue weighted by atomic mass is 9.85. The van der Waals surface area contributed by atoms with Gasteiger partial charge in [0.05, 0.1) is 6.10 Å². The van der Waals surface area contributed by atoms with Gasteiger partial charge in [0.15, 0.2) is 0 Å². The van der Waals surface area contributed by atoms with Crippen LogP contribution in [-0.4, -0.2) is 20.5 Å². The summed E-state index contributed by atoms with van der Waals surface area (Å²) >= 11 is 3.48. The molecule has 0 heterocycles. The van der Waals surface area contributed by atoms with Crippen molar-refractivity contribution in [3.05, 3.63) is 35.4 Å². The van der Waals surface area contributed by atoms with Crippen LogP contribution < -0.4 is 0 Å². The first kappa shape index (κ1) is 16.9. The van der Waals surface area contributed by atoms with E-state index in [2.05, 4.69) is 74.1 Å². The van der Waals surface area contributed by atoms with Gasteiger partial charge in [-0.3, -0.25) is 0 Å². The van der Waals surface area contributed by atoms with Gasteiger partial charge < -0.3 is 4.43 Å². The van der Waals surface area contributed by atoms with Crippen LogP contribution in [0.3, 0.4) is 0 Å². The number of benzene rings is 1. The molecule has 0 spiro atoms. The molecule has 0 saturated heterocycles. The maximum absolute atomic E-state index is 6.19. The molecule has 1 aromatic rings. The Kier molecular flexibility index (Phi) is 6.78. The molecule has 19 heavy (non-hydrogen) atoms. The highest BCUT2D eigenvalue weighted by Gasteiger charge is 2.26. The second-order valence-corrected chi connectivity index (χ2v) is 9.19. The first-order chi connectivity index (χ1) is 8.82. The summed E-state index contributed by atoms with van der Waals surface area (Å²) < 4.78 is 6.19. The zero-order valence-corrected chi connectivity index (χ0v) is 15.4. The van der Waals surface area contributed by atoms with Crippen molar-refractivity contribution in [3.8, 4) is 0 Å². The molecule has 1 rings (SSSR count). The maximum atomic E-state index is 6.19. The third kappa shape index (κ3) is 6.24. The molecule has 0 bridgehead atoms. The Hall–Kier alpha value is -0.123. The average Bonchev–Trinajstić information content (AvgIpc) is 2.29. The van der Waals surface area contributed by atoms with Gasteiger partial charge >= 0.3 is 0 Å². The molecule has 1 aromatic carbocycles. The number of hydrogen-bond acceptors (Lipinski definition) is 1. The van der Waals surface area contributed by atoms with Gasteiger partial charge in [0.1, 0.15) is 0 Å². The summed E-state index contributed by atoms with van der Waals surface area (Å²) in [5, 5.41) is 1.03. The Balaban J connectivity index is 2.73. The van der Waals surface area contributed by atoms with Crippen LogP contribution in [-0.2, 0) is 17.3 Å². The molecule has 0 aromatic heterocycles. The van der Waals surface area contributed by atoms with Crippen LogP contribution in [0.2, 0.25) is 13.1 Å². The molecule has 1 atom stereocenters. The summed E-state index contributed by atoms with van der Waals surface area (Å²) in [7, 11) is -0.658. The molecular weight excluding hydrogens is 316 g/mol. The molecule has 0 saturated carbocycles. The molecule has 0 aliphatic rings. The van der Waals surface area contributed by atoms with E-state index in [9.17, 15) is 0 Å². The summed E-state index contributed by atoms with van der Waals surface area (Å²) in [6.07, 6.45) is 2.41. The Morgan fingerprint density at radius 1 is 1.11 bits per heavy atom. The monoisotopic (exact) mass is 341 g/mol. The summed E-state index contributed by atoms with van der Waals surface area (Å²) in [6.45, 7) is 11.2. The number of alkyl halides is 1. The summed E-state index contributed by atoms with van der Waals surface area (Å²) in [4.78, 5) is 0. The van der Waals surface area contributed by atoms with E-state index in [1.807, 2.05) is 0 Å². The van der Waals surface area contributed by atoms with Crippen LogP contribution in [0.5, 0.6) is 0 Å². The predicted octanol–water partition coefficient (Wildman–Crippen LogP) is 4.85. The first-order valence-corrected chi connectivity index (χ1v) is 10.5. The second-order valence-electron chi connectivity index (χ2n) is 6.34. The Labute approximate surface area is 128 Å². The molecule has 0 fully saturated rings. The van der Waals surface area contributed by atoms with Crippen molar-refractivity contribution in [1.82, 2.24) is 0 Å². The lowest BCUT2D eigenvalue weighted by Crippen LogP contribution is -2.35. The smallest absolute Gasteiger partial charge is 0.205 e. The van der Waals surface area contributed by atoms with E-state index in [1.54, 1.807) is 0 Å². The van der Waals surface area contributed by atoms with Gasteiger partial charge in [0.25, 0.3) is 0 Å². The van der Waals surface area contributed by atoms with E-state index in [1.165, 1.54) is 11.1 Å². The van der Waals surface area contributed by atoms with E-state index >= 15 is 0 Å². The van der Waals surface area contributed by atoms with Crippen LogP contribution >= 0.6 is 15.9 Å². The second kappa shape index (κ2) is 7.60. The molecule has 3 heteroatoms. The quantitative estimate of drug-likeness (QED) is 0.530. The fourth-order valence-electron chi connectivity index (χ4n) is 1.97. The summed E-state index contributed by atoms with van der Waals surface area (Å²) in [6, 6.07) is 8.97. The van der Waals surface area contributed by atoms with Crippen molar-refractivity contribution in [1.29, 1.82) is 0 Å². The van der Waals surface area contributed by atoms with Crippen LogP contribution in [0, 0.1) is 5.41 Å². The SMILES string of the molecule is C[Si](C)OC(Cc1ccc(CCBr)cc1)C(C)(C)C. The molecule has 0 aliphatic heterocycles. The zero-order valence-electron chi connectivity index (χ0n) is 12.8. The van der Waals surface area contributed by atoms with Crippen LogP contribution in [0.15, 0.2) is 24.3 Å². The molecule has 1 radical (unpaired) electrons. The van der Waals surface area contributed by atoms with Crippen LogP contribution in [0.1, 0.15) is 31.9 Å². The van der Waals surface area contributed by atoms with Crippen molar-refractivity contribution in [2.75, 3.05) is 5.33 Å². The van der Waals surface area contributed by atoms with Gasteiger partial charge in [0, 0.05) is 5.33 Å². The lowest BCUT2D eigenvalue weighted by Gasteiger charge is -2.32. The predicted molar refractivity (Wildman–Crippen MR) is 89.5 cm³/mol. The third-order valence-electron chi connectivity index (χ3n) is 3.17. The highest BCUT2D eigenvalue weighted by molar-refractivity contribution is 9.09. The minimum absolute atomic E-state index is 0.191. The van der Waals surface area contributed by atoms with Gasteiger partial charge in [-0.25, -0.2) is 0 Å². The summed E-state index contributed by atoms with van der Waals surface area (Å²) in [5.41, 5.74) is 2.96. The van der Waals surface area contributed by atoms with Crippen molar-refractivity contribution < 1.29 is 4.43 Å². The normalized spacial score (nSPS) is 13.8. The molecule has 0 N–H and O–H groups in total. The van der Waals surface area contributed by atoms with Crippen molar-refractivity contribution in [2.24, 2.45) is 5.41 Å². The molecule has 1 unspecified atom stereocenters. The van der Waals surface area contributed by atoms with Gasteiger partial charge in [-0.05, 0) is 42.5 Å². The van der Waals surface area contributed by atoms with E-state index < -0.39 is 9.04 Å². The van der Waals surface area contributed by atoms with Crippen LogP contribution in [0.25, 0.3) is 0 Å². The largest absolute Gasteiger partial charge is 0.413 e. The topological polar surface area (TPSA) is 9.23 Å². The van der Waals surface area contributed by atoms with E-state index in [0.29, 0.717) is 6.10 Å². The van der Waals surface area contributed by atoms with E-state index in [-0.39, 0.29) is 5.41 Å². The zero-order chi connectivity index (χ0) is 14.5. The minimum atomic E-state index is -0.658. The molecular formula is C16H26BrOSi. The fourth-order valence-corrected chi connectivity index (χ4v) is 3.44. The molecule has 0 aliphatic carbocycles. The summed E-state index contributed by atoms with van der Waals surface area (Å²) in [5.74, 6) is 0. The van der Waals surface area contributed by atoms with Crippen molar-refractivity contribution in [2.45, 2.75) is 52.8 Å².